The summed E-state index contributed by atoms with van der Waals surface area (Å²) < 4.78 is 0. The van der Waals surface area contributed by atoms with Gasteiger partial charge < -0.3 is 9.80 Å². The van der Waals surface area contributed by atoms with E-state index in [1.807, 2.05) is 0 Å². The van der Waals surface area contributed by atoms with E-state index in [0.717, 1.165) is 25.9 Å². The molecule has 2 rings (SSSR count). The maximum atomic E-state index is 12.5. The van der Waals surface area contributed by atoms with Gasteiger partial charge in [0.15, 0.2) is 0 Å². The first-order valence-corrected chi connectivity index (χ1v) is 7.57. The topological polar surface area (TPSA) is 23.6 Å². The average Bonchev–Trinajstić information content (AvgIpc) is 2.35. The van der Waals surface area contributed by atoms with Crippen LogP contribution in [0.25, 0.3) is 0 Å². The van der Waals surface area contributed by atoms with Gasteiger partial charge in [-0.15, -0.1) is 0 Å². The number of nitrogens with zero attached hydrogens (tertiary/aromatic N) is 2. The molecule has 1 heterocycles. The number of rotatable bonds is 4. The molecule has 3 nitrogen and oxygen atoms in total. The molecule has 0 spiro atoms. The number of carbonyl (C=O) groups is 1. The predicted octanol–water partition coefficient (Wildman–Crippen LogP) is 2.02. The number of piperidine rings is 1. The Kier molecular flexibility index (Phi) is 5.19. The lowest BCUT2D eigenvalue weighted by molar-refractivity contribution is -0.130. The molecule has 0 bridgehead atoms. The normalized spacial score (nSPS) is 30.9. The van der Waals surface area contributed by atoms with E-state index >= 15 is 0 Å². The van der Waals surface area contributed by atoms with Crippen molar-refractivity contribution in [1.29, 1.82) is 0 Å². The molecule has 3 heteroatoms. The largest absolute Gasteiger partial charge is 0.309 e. The Morgan fingerprint density at radius 3 is 2.39 bits per heavy atom. The van der Waals surface area contributed by atoms with Crippen molar-refractivity contribution in [3.63, 3.8) is 0 Å². The third kappa shape index (κ3) is 3.79. The number of hydrogen-bond acceptors (Lipinski definition) is 3. The minimum Gasteiger partial charge on any atom is -0.309 e. The number of Topliss-reactive ketones (excluding diaryl/α,β-unsaturated/α-hetero) is 1. The molecule has 0 radical (unpaired) electrons. The van der Waals surface area contributed by atoms with Gasteiger partial charge >= 0.3 is 0 Å². The van der Waals surface area contributed by atoms with E-state index in [-0.39, 0.29) is 0 Å². The van der Waals surface area contributed by atoms with E-state index in [4.69, 9.17) is 0 Å². The van der Waals surface area contributed by atoms with E-state index in [1.165, 1.54) is 38.8 Å². The Morgan fingerprint density at radius 2 is 1.72 bits per heavy atom. The third-order valence-corrected chi connectivity index (χ3v) is 4.42. The maximum absolute atomic E-state index is 12.5. The quantitative estimate of drug-likeness (QED) is 0.765. The summed E-state index contributed by atoms with van der Waals surface area (Å²) in [6.07, 6.45) is 7.48. The first kappa shape index (κ1) is 14.0. The Bertz CT molecular complexity index is 272. The lowest BCUT2D eigenvalue weighted by atomic mass is 9.79. The van der Waals surface area contributed by atoms with Gasteiger partial charge in [-0.1, -0.05) is 12.8 Å². The molecule has 0 unspecified atom stereocenters. The van der Waals surface area contributed by atoms with Gasteiger partial charge in [-0.05, 0) is 52.9 Å². The lowest BCUT2D eigenvalue weighted by Crippen LogP contribution is -2.42. The fraction of sp³-hybridized carbons (Fsp3) is 0.933. The van der Waals surface area contributed by atoms with Crippen molar-refractivity contribution in [3.8, 4) is 0 Å². The molecular weight excluding hydrogens is 224 g/mol. The molecule has 0 aromatic heterocycles. The molecule has 2 atom stereocenters. The molecule has 1 aliphatic carbocycles. The number of carbonyl (C=O) groups excluding carboxylic acids is 1. The zero-order valence-electron chi connectivity index (χ0n) is 12.0. The van der Waals surface area contributed by atoms with Crippen molar-refractivity contribution in [2.75, 3.05) is 40.3 Å². The van der Waals surface area contributed by atoms with E-state index in [1.54, 1.807) is 0 Å². The smallest absolute Gasteiger partial charge is 0.141 e. The van der Waals surface area contributed by atoms with Gasteiger partial charge in [-0.2, -0.15) is 0 Å². The van der Waals surface area contributed by atoms with Gasteiger partial charge in [-0.25, -0.2) is 0 Å². The zero-order valence-corrected chi connectivity index (χ0v) is 12.0. The second kappa shape index (κ2) is 6.67. The van der Waals surface area contributed by atoms with Crippen LogP contribution in [-0.4, -0.2) is 55.9 Å². The molecule has 1 aliphatic heterocycles. The number of likely N-dealkylation sites (tertiary alicyclic amines) is 1. The van der Waals surface area contributed by atoms with Crippen molar-refractivity contribution < 1.29 is 4.79 Å². The molecule has 0 aromatic rings. The molecule has 0 N–H and O–H groups in total. The monoisotopic (exact) mass is 252 g/mol. The van der Waals surface area contributed by atoms with E-state index in [2.05, 4.69) is 23.9 Å². The van der Waals surface area contributed by atoms with Crippen molar-refractivity contribution in [2.45, 2.75) is 38.5 Å². The first-order chi connectivity index (χ1) is 8.66. The van der Waals surface area contributed by atoms with Crippen LogP contribution in [0.15, 0.2) is 0 Å². The predicted molar refractivity (Wildman–Crippen MR) is 74.7 cm³/mol. The standard InChI is InChI=1S/C15H28N2O/c1-16(2)11-13-7-6-8-14(15(13)18)12-17-9-4-3-5-10-17/h13-14H,3-12H2,1-2H3/t13-,14-/m1/s1. The maximum Gasteiger partial charge on any atom is 0.141 e. The van der Waals surface area contributed by atoms with Crippen LogP contribution in [0.3, 0.4) is 0 Å². The summed E-state index contributed by atoms with van der Waals surface area (Å²) in [5, 5.41) is 0. The highest BCUT2D eigenvalue weighted by molar-refractivity contribution is 5.84. The highest BCUT2D eigenvalue weighted by Crippen LogP contribution is 2.27. The highest BCUT2D eigenvalue weighted by atomic mass is 16.1. The highest BCUT2D eigenvalue weighted by Gasteiger charge is 2.32. The van der Waals surface area contributed by atoms with Gasteiger partial charge in [0.05, 0.1) is 0 Å². The van der Waals surface area contributed by atoms with E-state index in [0.29, 0.717) is 17.6 Å². The summed E-state index contributed by atoms with van der Waals surface area (Å²) in [5.74, 6) is 1.16. The molecule has 18 heavy (non-hydrogen) atoms. The summed E-state index contributed by atoms with van der Waals surface area (Å²) in [4.78, 5) is 17.2. The van der Waals surface area contributed by atoms with Crippen LogP contribution in [0, 0.1) is 11.8 Å². The SMILES string of the molecule is CN(C)C[C@H]1CCC[C@H](CN2CCCCC2)C1=O. The Hall–Kier alpha value is -0.410. The summed E-state index contributed by atoms with van der Waals surface area (Å²) in [7, 11) is 4.14. The minimum absolute atomic E-state index is 0.295. The van der Waals surface area contributed by atoms with Gasteiger partial charge in [0, 0.05) is 24.9 Å². The number of hydrogen-bond donors (Lipinski definition) is 0. The molecule has 2 fully saturated rings. The van der Waals surface area contributed by atoms with E-state index < -0.39 is 0 Å². The summed E-state index contributed by atoms with van der Waals surface area (Å²) in [6.45, 7) is 4.39. The Morgan fingerprint density at radius 1 is 1.06 bits per heavy atom. The molecular formula is C15H28N2O. The molecule has 1 saturated heterocycles. The Balaban J connectivity index is 1.85. The van der Waals surface area contributed by atoms with Crippen LogP contribution in [-0.2, 0) is 4.79 Å². The van der Waals surface area contributed by atoms with Crippen molar-refractivity contribution in [3.05, 3.63) is 0 Å². The van der Waals surface area contributed by atoms with Crippen molar-refractivity contribution in [1.82, 2.24) is 9.80 Å². The van der Waals surface area contributed by atoms with Crippen LogP contribution >= 0.6 is 0 Å². The van der Waals surface area contributed by atoms with Crippen LogP contribution < -0.4 is 0 Å². The molecule has 2 aliphatic rings. The lowest BCUT2D eigenvalue weighted by Gasteiger charge is -2.34. The minimum atomic E-state index is 0.295. The van der Waals surface area contributed by atoms with E-state index in [9.17, 15) is 4.79 Å². The first-order valence-electron chi connectivity index (χ1n) is 7.57. The average molecular weight is 252 g/mol. The summed E-state index contributed by atoms with van der Waals surface area (Å²) >= 11 is 0. The van der Waals surface area contributed by atoms with Crippen molar-refractivity contribution in [2.24, 2.45) is 11.8 Å². The summed E-state index contributed by atoms with van der Waals surface area (Å²) in [6, 6.07) is 0. The molecule has 1 saturated carbocycles. The van der Waals surface area contributed by atoms with Crippen LogP contribution in [0.4, 0.5) is 0 Å². The molecule has 0 aromatic carbocycles. The molecule has 104 valence electrons. The zero-order chi connectivity index (χ0) is 13.0. The second-order valence-corrected chi connectivity index (χ2v) is 6.35. The molecule has 0 amide bonds. The van der Waals surface area contributed by atoms with Gasteiger partial charge in [0.2, 0.25) is 0 Å². The second-order valence-electron chi connectivity index (χ2n) is 6.35. The Labute approximate surface area is 112 Å². The van der Waals surface area contributed by atoms with Crippen LogP contribution in [0.2, 0.25) is 0 Å². The van der Waals surface area contributed by atoms with Crippen molar-refractivity contribution >= 4 is 5.78 Å². The van der Waals surface area contributed by atoms with Gasteiger partial charge in [-0.3, -0.25) is 4.79 Å². The van der Waals surface area contributed by atoms with Gasteiger partial charge in [0.1, 0.15) is 5.78 Å². The third-order valence-electron chi connectivity index (χ3n) is 4.42. The number of ketones is 1. The summed E-state index contributed by atoms with van der Waals surface area (Å²) in [5.41, 5.74) is 0. The fourth-order valence-electron chi connectivity index (χ4n) is 3.49. The van der Waals surface area contributed by atoms with Crippen LogP contribution in [0.1, 0.15) is 38.5 Å². The van der Waals surface area contributed by atoms with Crippen LogP contribution in [0.5, 0.6) is 0 Å². The fourth-order valence-corrected chi connectivity index (χ4v) is 3.49. The van der Waals surface area contributed by atoms with Gasteiger partial charge in [0.25, 0.3) is 0 Å².